The number of nitro benzene ring substituents is 1. The van der Waals surface area contributed by atoms with E-state index in [1.54, 1.807) is 12.1 Å². The quantitative estimate of drug-likeness (QED) is 0.422. The van der Waals surface area contributed by atoms with Crippen molar-refractivity contribution in [3.05, 3.63) is 64.5 Å². The van der Waals surface area contributed by atoms with Gasteiger partial charge in [-0.25, -0.2) is 4.39 Å². The lowest BCUT2D eigenvalue weighted by atomic mass is 10.2. The molecule has 2 amide bonds. The number of nitrogens with one attached hydrogen (secondary N) is 2. The Morgan fingerprint density at radius 2 is 1.60 bits per heavy atom. The normalized spacial score (nSPS) is 14.2. The number of anilines is 2. The van der Waals surface area contributed by atoms with Crippen molar-refractivity contribution in [1.82, 2.24) is 10.2 Å². The van der Waals surface area contributed by atoms with E-state index in [1.807, 2.05) is 0 Å². The molecule has 158 valence electrons. The van der Waals surface area contributed by atoms with Gasteiger partial charge in [-0.05, 0) is 36.4 Å². The topological polar surface area (TPSA) is 108 Å². The van der Waals surface area contributed by atoms with Crippen molar-refractivity contribution in [3.63, 3.8) is 0 Å². The van der Waals surface area contributed by atoms with E-state index < -0.39 is 16.7 Å². The summed E-state index contributed by atoms with van der Waals surface area (Å²) in [6, 6.07) is 11.6. The molecule has 2 aromatic carbocycles. The third-order valence-electron chi connectivity index (χ3n) is 4.82. The van der Waals surface area contributed by atoms with E-state index in [2.05, 4.69) is 20.4 Å². The molecule has 1 fully saturated rings. The lowest BCUT2D eigenvalue weighted by Gasteiger charge is -2.36. The molecule has 2 N–H and O–H groups in total. The van der Waals surface area contributed by atoms with Crippen LogP contribution in [-0.2, 0) is 9.59 Å². The smallest absolute Gasteiger partial charge is 0.313 e. The molecule has 0 spiro atoms. The first-order chi connectivity index (χ1) is 14.4. The number of carbonyl (C=O) groups excluding carboxylic acids is 2. The van der Waals surface area contributed by atoms with Gasteiger partial charge in [0.1, 0.15) is 5.82 Å². The van der Waals surface area contributed by atoms with E-state index >= 15 is 0 Å². The molecule has 0 aromatic heterocycles. The summed E-state index contributed by atoms with van der Waals surface area (Å²) < 4.78 is 13.0. The van der Waals surface area contributed by atoms with Gasteiger partial charge in [0.25, 0.3) is 5.69 Å². The van der Waals surface area contributed by atoms with Crippen LogP contribution in [0.2, 0.25) is 0 Å². The van der Waals surface area contributed by atoms with Crippen LogP contribution in [0, 0.1) is 15.9 Å². The van der Waals surface area contributed by atoms with Crippen LogP contribution in [-0.4, -0.2) is 60.9 Å². The first kappa shape index (κ1) is 21.2. The Morgan fingerprint density at radius 3 is 2.20 bits per heavy atom. The number of halogens is 1. The second-order valence-corrected chi connectivity index (χ2v) is 6.82. The maximum Gasteiger partial charge on any atom is 0.313 e. The molecule has 0 saturated carbocycles. The monoisotopic (exact) mass is 415 g/mol. The van der Waals surface area contributed by atoms with Crippen molar-refractivity contribution < 1.29 is 18.9 Å². The molecule has 0 aliphatic carbocycles. The van der Waals surface area contributed by atoms with Crippen LogP contribution >= 0.6 is 0 Å². The van der Waals surface area contributed by atoms with E-state index in [9.17, 15) is 24.1 Å². The Bertz CT molecular complexity index is 896. The van der Waals surface area contributed by atoms with Gasteiger partial charge in [0.15, 0.2) is 0 Å². The van der Waals surface area contributed by atoms with Gasteiger partial charge >= 0.3 is 11.8 Å². The van der Waals surface area contributed by atoms with Crippen LogP contribution in [0.15, 0.2) is 48.5 Å². The van der Waals surface area contributed by atoms with Gasteiger partial charge in [-0.1, -0.05) is 0 Å². The Hall–Kier alpha value is -3.53. The fraction of sp³-hybridized carbons (Fsp3) is 0.300. The highest BCUT2D eigenvalue weighted by Crippen LogP contribution is 2.17. The summed E-state index contributed by atoms with van der Waals surface area (Å²) in [6.07, 6.45) is 0. The van der Waals surface area contributed by atoms with Crippen LogP contribution < -0.4 is 15.5 Å². The number of benzene rings is 2. The summed E-state index contributed by atoms with van der Waals surface area (Å²) in [6.45, 7) is 4.10. The summed E-state index contributed by atoms with van der Waals surface area (Å²) in [5, 5.41) is 15.6. The second kappa shape index (κ2) is 9.79. The second-order valence-electron chi connectivity index (χ2n) is 6.82. The molecule has 1 aliphatic rings. The summed E-state index contributed by atoms with van der Waals surface area (Å²) in [4.78, 5) is 38.3. The average Bonchev–Trinajstić information content (AvgIpc) is 2.75. The minimum atomic E-state index is -0.829. The maximum atomic E-state index is 13.0. The molecule has 0 radical (unpaired) electrons. The molecule has 10 heteroatoms. The standard InChI is InChI=1S/C20H22FN5O4/c21-15-1-5-17(6-2-15)25-13-11-24(12-14-25)10-9-22-19(27)20(28)23-16-3-7-18(8-4-16)26(29)30/h1-8H,9-14H2,(H,22,27)(H,23,28). The first-order valence-corrected chi connectivity index (χ1v) is 9.49. The molecule has 0 atom stereocenters. The van der Waals surface area contributed by atoms with Crippen LogP contribution in [0.1, 0.15) is 0 Å². The third-order valence-corrected chi connectivity index (χ3v) is 4.82. The lowest BCUT2D eigenvalue weighted by Crippen LogP contribution is -2.49. The SMILES string of the molecule is O=C(NCCN1CCN(c2ccc(F)cc2)CC1)C(=O)Nc1ccc([N+](=O)[O-])cc1. The molecule has 1 aliphatic heterocycles. The van der Waals surface area contributed by atoms with Crippen LogP contribution in [0.4, 0.5) is 21.5 Å². The van der Waals surface area contributed by atoms with Gasteiger partial charge < -0.3 is 15.5 Å². The highest BCUT2D eigenvalue weighted by molar-refractivity contribution is 6.39. The number of piperazine rings is 1. The number of nitrogens with zero attached hydrogens (tertiary/aromatic N) is 3. The van der Waals surface area contributed by atoms with E-state index in [1.165, 1.54) is 36.4 Å². The largest absolute Gasteiger partial charge is 0.369 e. The summed E-state index contributed by atoms with van der Waals surface area (Å²) in [5.74, 6) is -1.85. The highest BCUT2D eigenvalue weighted by atomic mass is 19.1. The molecule has 1 saturated heterocycles. The fourth-order valence-corrected chi connectivity index (χ4v) is 3.14. The highest BCUT2D eigenvalue weighted by Gasteiger charge is 2.18. The van der Waals surface area contributed by atoms with Gasteiger partial charge in [0.05, 0.1) is 4.92 Å². The minimum Gasteiger partial charge on any atom is -0.369 e. The van der Waals surface area contributed by atoms with Crippen molar-refractivity contribution >= 4 is 28.9 Å². The Kier molecular flexibility index (Phi) is 6.91. The number of rotatable bonds is 6. The van der Waals surface area contributed by atoms with Gasteiger partial charge in [-0.3, -0.25) is 24.6 Å². The van der Waals surface area contributed by atoms with Gasteiger partial charge in [-0.2, -0.15) is 0 Å². The van der Waals surface area contributed by atoms with E-state index in [0.717, 1.165) is 31.9 Å². The molecule has 0 bridgehead atoms. The van der Waals surface area contributed by atoms with Crippen LogP contribution in [0.5, 0.6) is 0 Å². The molecule has 1 heterocycles. The predicted octanol–water partition coefficient (Wildman–Crippen LogP) is 1.61. The number of nitro groups is 1. The molecular weight excluding hydrogens is 393 g/mol. The number of hydrogen-bond acceptors (Lipinski definition) is 6. The van der Waals surface area contributed by atoms with Crippen LogP contribution in [0.3, 0.4) is 0 Å². The zero-order valence-corrected chi connectivity index (χ0v) is 16.2. The molecule has 3 rings (SSSR count). The number of hydrogen-bond donors (Lipinski definition) is 2. The molecule has 0 unspecified atom stereocenters. The van der Waals surface area contributed by atoms with E-state index in [-0.39, 0.29) is 11.5 Å². The zero-order chi connectivity index (χ0) is 21.5. The van der Waals surface area contributed by atoms with E-state index in [4.69, 9.17) is 0 Å². The Balaban J connectivity index is 1.36. The summed E-state index contributed by atoms with van der Waals surface area (Å²) in [7, 11) is 0. The predicted molar refractivity (Wildman–Crippen MR) is 110 cm³/mol. The van der Waals surface area contributed by atoms with Gasteiger partial charge in [0, 0.05) is 62.8 Å². The van der Waals surface area contributed by atoms with Crippen molar-refractivity contribution in [2.45, 2.75) is 0 Å². The van der Waals surface area contributed by atoms with Crippen molar-refractivity contribution in [2.75, 3.05) is 49.5 Å². The molecular formula is C20H22FN5O4. The summed E-state index contributed by atoms with van der Waals surface area (Å²) >= 11 is 0. The van der Waals surface area contributed by atoms with Crippen molar-refractivity contribution in [1.29, 1.82) is 0 Å². The van der Waals surface area contributed by atoms with E-state index in [0.29, 0.717) is 18.8 Å². The number of amides is 2. The molecule has 2 aromatic rings. The zero-order valence-electron chi connectivity index (χ0n) is 16.2. The van der Waals surface area contributed by atoms with Crippen molar-refractivity contribution in [2.24, 2.45) is 0 Å². The number of non-ortho nitro benzene ring substituents is 1. The fourth-order valence-electron chi connectivity index (χ4n) is 3.14. The Labute approximate surface area is 172 Å². The molecule has 30 heavy (non-hydrogen) atoms. The van der Waals surface area contributed by atoms with Gasteiger partial charge in [-0.15, -0.1) is 0 Å². The minimum absolute atomic E-state index is 0.100. The third kappa shape index (κ3) is 5.74. The number of carbonyl (C=O) groups is 2. The molecule has 9 nitrogen and oxygen atoms in total. The first-order valence-electron chi connectivity index (χ1n) is 9.49. The maximum absolute atomic E-state index is 13.0. The Morgan fingerprint density at radius 1 is 0.967 bits per heavy atom. The lowest BCUT2D eigenvalue weighted by molar-refractivity contribution is -0.384. The van der Waals surface area contributed by atoms with Crippen molar-refractivity contribution in [3.8, 4) is 0 Å². The van der Waals surface area contributed by atoms with Gasteiger partial charge in [0.2, 0.25) is 0 Å². The average molecular weight is 415 g/mol. The summed E-state index contributed by atoms with van der Waals surface area (Å²) in [5.41, 5.74) is 1.18. The van der Waals surface area contributed by atoms with Crippen LogP contribution in [0.25, 0.3) is 0 Å².